The molecule has 0 unspecified atom stereocenters. The minimum atomic E-state index is -3.58. The zero-order valence-corrected chi connectivity index (χ0v) is 20.3. The van der Waals surface area contributed by atoms with Crippen LogP contribution >= 0.6 is 0 Å². The number of hydrogen-bond acceptors (Lipinski definition) is 8. The summed E-state index contributed by atoms with van der Waals surface area (Å²) in [5.74, 6) is -0.976. The molecule has 3 rings (SSSR count). The van der Waals surface area contributed by atoms with Gasteiger partial charge in [-0.3, -0.25) is 13.9 Å². The lowest BCUT2D eigenvalue weighted by Gasteiger charge is -2.23. The van der Waals surface area contributed by atoms with Crippen molar-refractivity contribution >= 4 is 39.3 Å². The van der Waals surface area contributed by atoms with Crippen LogP contribution in [0.15, 0.2) is 64.9 Å². The molecule has 0 radical (unpaired) electrons. The molecule has 1 aliphatic carbocycles. The van der Waals surface area contributed by atoms with Crippen LogP contribution < -0.4 is 20.8 Å². The predicted octanol–water partition coefficient (Wildman–Crippen LogP) is 2.71. The van der Waals surface area contributed by atoms with Crippen molar-refractivity contribution in [3.05, 3.63) is 71.5 Å². The molecule has 10 nitrogen and oxygen atoms in total. The molecule has 4 N–H and O–H groups in total. The monoisotopic (exact) mass is 502 g/mol. The molecule has 1 amide bonds. The number of anilines is 2. The predicted molar refractivity (Wildman–Crippen MR) is 133 cm³/mol. The summed E-state index contributed by atoms with van der Waals surface area (Å²) >= 11 is 0. The fraction of sp³-hybridized carbons (Fsp3) is 0.261. The summed E-state index contributed by atoms with van der Waals surface area (Å²) in [5, 5.41) is 3.08. The largest absolute Gasteiger partial charge is 0.405 e. The third kappa shape index (κ3) is 6.87. The van der Waals surface area contributed by atoms with E-state index in [0.717, 1.165) is 29.0 Å². The fourth-order valence-electron chi connectivity index (χ4n) is 3.20. The van der Waals surface area contributed by atoms with Gasteiger partial charge in [-0.2, -0.15) is 4.39 Å². The zero-order valence-electron chi connectivity index (χ0n) is 19.5. The summed E-state index contributed by atoms with van der Waals surface area (Å²) in [6, 6.07) is 9.52. The number of rotatable bonds is 10. The van der Waals surface area contributed by atoms with E-state index >= 15 is 0 Å². The van der Waals surface area contributed by atoms with Gasteiger partial charge in [-0.25, -0.2) is 23.9 Å². The van der Waals surface area contributed by atoms with Gasteiger partial charge in [-0.1, -0.05) is 12.1 Å². The number of nitrogens with two attached hydrogens (primary N) is 1. The standard InChI is InChI=1S/C23H27FN6O4S/c1-30(35(3,32)33)20-13-16(15-7-8-15)9-10-19(20)27-18(11-12-25)17(23(31)29-34-2)14-26-22-6-4-5-21(24)28-22/h4-6,9-15,27H,7-8,25H2,1-3H3,(H,29,31)/b12-11+,18-17-,26-14-. The van der Waals surface area contributed by atoms with Crippen molar-refractivity contribution in [1.29, 1.82) is 0 Å². The highest BCUT2D eigenvalue weighted by Crippen LogP contribution is 2.43. The van der Waals surface area contributed by atoms with Crippen LogP contribution in [0.3, 0.4) is 0 Å². The number of aromatic nitrogens is 1. The quantitative estimate of drug-likeness (QED) is 0.149. The first-order valence-electron chi connectivity index (χ1n) is 10.6. The number of pyridine rings is 1. The molecular formula is C23H27FN6O4S. The third-order valence-corrected chi connectivity index (χ3v) is 6.39. The summed E-state index contributed by atoms with van der Waals surface area (Å²) in [6.07, 6.45) is 6.98. The Kier molecular flexibility index (Phi) is 8.20. The van der Waals surface area contributed by atoms with Gasteiger partial charge in [-0.05, 0) is 60.9 Å². The fourth-order valence-corrected chi connectivity index (χ4v) is 3.71. The maximum Gasteiger partial charge on any atom is 0.278 e. The van der Waals surface area contributed by atoms with Gasteiger partial charge in [0.2, 0.25) is 16.0 Å². The number of sulfonamides is 1. The molecule has 0 bridgehead atoms. The van der Waals surface area contributed by atoms with Crippen LogP contribution in [0.2, 0.25) is 0 Å². The van der Waals surface area contributed by atoms with Crippen molar-refractivity contribution in [2.24, 2.45) is 10.7 Å². The van der Waals surface area contributed by atoms with Crippen LogP contribution in [-0.2, 0) is 19.7 Å². The lowest BCUT2D eigenvalue weighted by molar-refractivity contribution is -0.126. The highest BCUT2D eigenvalue weighted by atomic mass is 32.2. The second kappa shape index (κ2) is 11.1. The molecule has 1 fully saturated rings. The van der Waals surface area contributed by atoms with Crippen molar-refractivity contribution in [1.82, 2.24) is 10.5 Å². The molecule has 0 spiro atoms. The summed E-state index contributed by atoms with van der Waals surface area (Å²) in [6.45, 7) is 0. The minimum Gasteiger partial charge on any atom is -0.405 e. The van der Waals surface area contributed by atoms with Gasteiger partial charge in [0, 0.05) is 13.3 Å². The summed E-state index contributed by atoms with van der Waals surface area (Å²) in [5.41, 5.74) is 9.83. The van der Waals surface area contributed by atoms with Gasteiger partial charge < -0.3 is 11.1 Å². The number of halogens is 1. The van der Waals surface area contributed by atoms with Gasteiger partial charge in [0.1, 0.15) is 0 Å². The van der Waals surface area contributed by atoms with Gasteiger partial charge in [-0.15, -0.1) is 0 Å². The van der Waals surface area contributed by atoms with Crippen LogP contribution in [-0.4, -0.2) is 45.9 Å². The first-order chi connectivity index (χ1) is 16.6. The second-order valence-corrected chi connectivity index (χ2v) is 9.82. The molecule has 0 aliphatic heterocycles. The molecule has 1 aromatic heterocycles. The average molecular weight is 503 g/mol. The number of carbonyl (C=O) groups excluding carboxylic acids is 1. The first kappa shape index (κ1) is 25.8. The molecule has 35 heavy (non-hydrogen) atoms. The Morgan fingerprint density at radius 1 is 1.31 bits per heavy atom. The van der Waals surface area contributed by atoms with Gasteiger partial charge in [0.25, 0.3) is 5.91 Å². The van der Waals surface area contributed by atoms with E-state index in [4.69, 9.17) is 10.6 Å². The van der Waals surface area contributed by atoms with Crippen molar-refractivity contribution in [3.63, 3.8) is 0 Å². The molecule has 0 saturated heterocycles. The number of nitrogens with zero attached hydrogens (tertiary/aromatic N) is 3. The number of carbonyl (C=O) groups is 1. The molecule has 12 heteroatoms. The number of nitrogens with one attached hydrogen (secondary N) is 2. The lowest BCUT2D eigenvalue weighted by atomic mass is 10.1. The Balaban J connectivity index is 2.11. The Labute approximate surface area is 203 Å². The van der Waals surface area contributed by atoms with Gasteiger partial charge in [0.15, 0.2) is 5.82 Å². The van der Waals surface area contributed by atoms with Crippen LogP contribution in [0.1, 0.15) is 24.3 Å². The lowest BCUT2D eigenvalue weighted by Crippen LogP contribution is -2.28. The molecule has 1 saturated carbocycles. The molecular weight excluding hydrogens is 475 g/mol. The number of amides is 1. The Morgan fingerprint density at radius 2 is 2.06 bits per heavy atom. The second-order valence-electron chi connectivity index (χ2n) is 7.80. The maximum atomic E-state index is 13.5. The number of hydroxylamine groups is 1. The topological polar surface area (TPSA) is 139 Å². The Hall–Kier alpha value is -3.77. The Bertz CT molecular complexity index is 1290. The third-order valence-electron chi connectivity index (χ3n) is 5.20. The van der Waals surface area contributed by atoms with E-state index in [0.29, 0.717) is 17.3 Å². The van der Waals surface area contributed by atoms with Crippen molar-refractivity contribution in [2.75, 3.05) is 30.0 Å². The molecule has 2 aromatic rings. The van der Waals surface area contributed by atoms with Gasteiger partial charge in [0.05, 0.1) is 36.0 Å². The van der Waals surface area contributed by atoms with Crippen molar-refractivity contribution in [2.45, 2.75) is 18.8 Å². The van der Waals surface area contributed by atoms with Crippen molar-refractivity contribution < 1.29 is 22.4 Å². The van der Waals surface area contributed by atoms with Crippen LogP contribution in [0.25, 0.3) is 0 Å². The normalized spacial score (nSPS) is 14.7. The van der Waals surface area contributed by atoms with E-state index in [2.05, 4.69) is 20.8 Å². The molecule has 186 valence electrons. The van der Waals surface area contributed by atoms with Crippen LogP contribution in [0, 0.1) is 5.95 Å². The molecule has 1 aliphatic rings. The van der Waals surface area contributed by atoms with E-state index in [9.17, 15) is 17.6 Å². The summed E-state index contributed by atoms with van der Waals surface area (Å²) in [7, 11) is -0.864. The zero-order chi connectivity index (χ0) is 25.6. The van der Waals surface area contributed by atoms with E-state index in [1.54, 1.807) is 6.07 Å². The van der Waals surface area contributed by atoms with Crippen LogP contribution in [0.5, 0.6) is 0 Å². The first-order valence-corrected chi connectivity index (χ1v) is 12.5. The van der Waals surface area contributed by atoms with Crippen molar-refractivity contribution in [3.8, 4) is 0 Å². The van der Waals surface area contributed by atoms with E-state index in [-0.39, 0.29) is 17.1 Å². The number of hydrogen-bond donors (Lipinski definition) is 3. The SMILES string of the molecule is CONC(=O)C(/C=N\c1cccc(F)n1)=C(/C=C/N)Nc1ccc(C2CC2)cc1N(C)S(C)(=O)=O. The number of allylic oxidation sites excluding steroid dienone is 1. The van der Waals surface area contributed by atoms with Crippen LogP contribution in [0.4, 0.5) is 21.6 Å². The number of aliphatic imine (C=N–C) groups is 1. The minimum absolute atomic E-state index is 0.0289. The molecule has 0 atom stereocenters. The van der Waals surface area contributed by atoms with E-state index in [1.165, 1.54) is 50.8 Å². The smallest absolute Gasteiger partial charge is 0.278 e. The average Bonchev–Trinajstić information content (AvgIpc) is 3.64. The molecule has 1 aromatic carbocycles. The van der Waals surface area contributed by atoms with E-state index in [1.807, 2.05) is 12.1 Å². The summed E-state index contributed by atoms with van der Waals surface area (Å²) in [4.78, 5) is 25.3. The number of benzene rings is 1. The van der Waals surface area contributed by atoms with E-state index < -0.39 is 21.9 Å². The molecule has 1 heterocycles. The highest BCUT2D eigenvalue weighted by molar-refractivity contribution is 7.92. The summed E-state index contributed by atoms with van der Waals surface area (Å²) < 4.78 is 39.3. The highest BCUT2D eigenvalue weighted by Gasteiger charge is 2.26. The maximum absolute atomic E-state index is 13.5. The Morgan fingerprint density at radius 3 is 2.66 bits per heavy atom. The van der Waals surface area contributed by atoms with Gasteiger partial charge >= 0.3 is 0 Å².